The first kappa shape index (κ1) is 21.4. The number of anilines is 2. The Labute approximate surface area is 180 Å². The molecule has 1 saturated heterocycles. The highest BCUT2D eigenvalue weighted by molar-refractivity contribution is 6.44. The summed E-state index contributed by atoms with van der Waals surface area (Å²) in [6, 6.07) is 14.0. The number of likely N-dealkylation sites (tertiary alicyclic amines) is 1. The Morgan fingerprint density at radius 1 is 1.00 bits per heavy atom. The summed E-state index contributed by atoms with van der Waals surface area (Å²) in [4.78, 5) is 26.8. The van der Waals surface area contributed by atoms with Gasteiger partial charge in [-0.25, -0.2) is 4.79 Å². The molecule has 0 spiro atoms. The molecular formula is C21H24Cl2N4O2. The molecule has 1 aliphatic heterocycles. The SMILES string of the molecule is CC(C(=O)Nc1cccc(Cl)c1Cl)N1CCC(NC(=O)Nc2ccccc2)CC1. The van der Waals surface area contributed by atoms with E-state index in [0.717, 1.165) is 18.5 Å². The number of benzene rings is 2. The van der Waals surface area contributed by atoms with Gasteiger partial charge in [-0.1, -0.05) is 47.5 Å². The molecule has 29 heavy (non-hydrogen) atoms. The number of halogens is 2. The maximum absolute atomic E-state index is 12.6. The Morgan fingerprint density at radius 3 is 2.38 bits per heavy atom. The van der Waals surface area contributed by atoms with Crippen LogP contribution in [0.1, 0.15) is 19.8 Å². The van der Waals surface area contributed by atoms with Gasteiger partial charge in [0.2, 0.25) is 5.91 Å². The summed E-state index contributed by atoms with van der Waals surface area (Å²) >= 11 is 12.1. The summed E-state index contributed by atoms with van der Waals surface area (Å²) in [6.45, 7) is 3.30. The van der Waals surface area contributed by atoms with E-state index in [1.54, 1.807) is 18.2 Å². The predicted octanol–water partition coefficient (Wildman–Crippen LogP) is 4.61. The zero-order valence-corrected chi connectivity index (χ0v) is 17.6. The second-order valence-corrected chi connectivity index (χ2v) is 7.83. The van der Waals surface area contributed by atoms with Gasteiger partial charge in [-0.3, -0.25) is 9.69 Å². The Morgan fingerprint density at radius 2 is 1.69 bits per heavy atom. The molecule has 3 N–H and O–H groups in total. The normalized spacial score (nSPS) is 16.1. The molecule has 0 bridgehead atoms. The van der Waals surface area contributed by atoms with E-state index < -0.39 is 0 Å². The molecule has 3 amide bonds. The van der Waals surface area contributed by atoms with Gasteiger partial charge in [0, 0.05) is 24.8 Å². The second kappa shape index (κ2) is 9.96. The highest BCUT2D eigenvalue weighted by Gasteiger charge is 2.27. The first-order chi connectivity index (χ1) is 13.9. The van der Waals surface area contributed by atoms with Crippen LogP contribution in [0.5, 0.6) is 0 Å². The molecule has 6 nitrogen and oxygen atoms in total. The van der Waals surface area contributed by atoms with Crippen molar-refractivity contribution < 1.29 is 9.59 Å². The Balaban J connectivity index is 1.46. The molecule has 2 aromatic carbocycles. The Hall–Kier alpha value is -2.28. The summed E-state index contributed by atoms with van der Waals surface area (Å²) < 4.78 is 0. The maximum Gasteiger partial charge on any atom is 0.319 e. The highest BCUT2D eigenvalue weighted by atomic mass is 35.5. The summed E-state index contributed by atoms with van der Waals surface area (Å²) in [5.41, 5.74) is 1.26. The van der Waals surface area contributed by atoms with E-state index in [2.05, 4.69) is 20.9 Å². The van der Waals surface area contributed by atoms with Gasteiger partial charge in [0.05, 0.1) is 21.8 Å². The lowest BCUT2D eigenvalue weighted by molar-refractivity contribution is -0.121. The fraction of sp³-hybridized carbons (Fsp3) is 0.333. The van der Waals surface area contributed by atoms with Crippen molar-refractivity contribution >= 4 is 46.5 Å². The van der Waals surface area contributed by atoms with E-state index in [9.17, 15) is 9.59 Å². The Kier molecular flexibility index (Phi) is 7.36. The zero-order valence-electron chi connectivity index (χ0n) is 16.1. The summed E-state index contributed by atoms with van der Waals surface area (Å²) in [6.07, 6.45) is 1.55. The van der Waals surface area contributed by atoms with Crippen molar-refractivity contribution in [1.29, 1.82) is 0 Å². The van der Waals surface area contributed by atoms with E-state index >= 15 is 0 Å². The fourth-order valence-electron chi connectivity index (χ4n) is 3.31. The van der Waals surface area contributed by atoms with E-state index in [1.165, 1.54) is 0 Å². The van der Waals surface area contributed by atoms with Crippen molar-refractivity contribution in [2.45, 2.75) is 31.8 Å². The topological polar surface area (TPSA) is 73.5 Å². The number of carbonyl (C=O) groups is 2. The van der Waals surface area contributed by atoms with Crippen LogP contribution in [0.25, 0.3) is 0 Å². The standard InChI is InChI=1S/C21H24Cl2N4O2/c1-14(20(28)26-18-9-5-8-17(22)19(18)23)27-12-10-16(11-13-27)25-21(29)24-15-6-3-2-4-7-15/h2-9,14,16H,10-13H2,1H3,(H,26,28)(H2,24,25,29). The first-order valence-electron chi connectivity index (χ1n) is 9.55. The zero-order chi connectivity index (χ0) is 20.8. The van der Waals surface area contributed by atoms with Gasteiger partial charge in [0.25, 0.3) is 0 Å². The number of rotatable bonds is 5. The monoisotopic (exact) mass is 434 g/mol. The number of nitrogens with zero attached hydrogens (tertiary/aromatic N) is 1. The van der Waals surface area contributed by atoms with Gasteiger partial charge in [-0.15, -0.1) is 0 Å². The van der Waals surface area contributed by atoms with Gasteiger partial charge in [-0.05, 0) is 44.0 Å². The predicted molar refractivity (Wildman–Crippen MR) is 118 cm³/mol. The summed E-state index contributed by atoms with van der Waals surface area (Å²) in [5, 5.41) is 9.41. The number of para-hydroxylation sites is 1. The second-order valence-electron chi connectivity index (χ2n) is 7.04. The molecule has 1 unspecified atom stereocenters. The lowest BCUT2D eigenvalue weighted by Crippen LogP contribution is -2.51. The molecule has 1 atom stereocenters. The molecule has 1 heterocycles. The molecule has 8 heteroatoms. The molecule has 1 fully saturated rings. The maximum atomic E-state index is 12.6. The molecule has 0 aromatic heterocycles. The summed E-state index contributed by atoms with van der Waals surface area (Å²) in [7, 11) is 0. The van der Waals surface area contributed by atoms with Crippen molar-refractivity contribution in [3.63, 3.8) is 0 Å². The third kappa shape index (κ3) is 5.85. The van der Waals surface area contributed by atoms with Crippen molar-refractivity contribution in [3.05, 3.63) is 58.6 Å². The number of nitrogens with one attached hydrogen (secondary N) is 3. The van der Waals surface area contributed by atoms with Gasteiger partial charge >= 0.3 is 6.03 Å². The molecule has 154 valence electrons. The van der Waals surface area contributed by atoms with E-state index in [1.807, 2.05) is 37.3 Å². The molecule has 0 radical (unpaired) electrons. The smallest absolute Gasteiger partial charge is 0.319 e. The minimum Gasteiger partial charge on any atom is -0.335 e. The number of amides is 3. The average molecular weight is 435 g/mol. The van der Waals surface area contributed by atoms with Gasteiger partial charge in [0.15, 0.2) is 0 Å². The molecule has 0 saturated carbocycles. The number of urea groups is 1. The fourth-order valence-corrected chi connectivity index (χ4v) is 3.66. The average Bonchev–Trinajstić information content (AvgIpc) is 2.72. The van der Waals surface area contributed by atoms with Crippen LogP contribution in [0.4, 0.5) is 16.2 Å². The van der Waals surface area contributed by atoms with E-state index in [0.29, 0.717) is 28.8 Å². The lowest BCUT2D eigenvalue weighted by atomic mass is 10.0. The number of piperidine rings is 1. The third-order valence-electron chi connectivity index (χ3n) is 5.03. The van der Waals surface area contributed by atoms with Gasteiger partial charge in [-0.2, -0.15) is 0 Å². The molecule has 1 aliphatic rings. The first-order valence-corrected chi connectivity index (χ1v) is 10.3. The van der Waals surface area contributed by atoms with Crippen LogP contribution in [-0.2, 0) is 4.79 Å². The van der Waals surface area contributed by atoms with E-state index in [4.69, 9.17) is 23.2 Å². The van der Waals surface area contributed by atoms with Crippen molar-refractivity contribution in [1.82, 2.24) is 10.2 Å². The van der Waals surface area contributed by atoms with Gasteiger partial charge < -0.3 is 16.0 Å². The molecule has 2 aromatic rings. The molecule has 3 rings (SSSR count). The quantitative estimate of drug-likeness (QED) is 0.643. The van der Waals surface area contributed by atoms with Crippen LogP contribution in [0.2, 0.25) is 10.0 Å². The van der Waals surface area contributed by atoms with E-state index in [-0.39, 0.29) is 24.0 Å². The number of carbonyl (C=O) groups excluding carboxylic acids is 2. The van der Waals surface area contributed by atoms with Crippen LogP contribution in [-0.4, -0.2) is 42.0 Å². The van der Waals surface area contributed by atoms with Crippen molar-refractivity contribution in [2.24, 2.45) is 0 Å². The van der Waals surface area contributed by atoms with Crippen LogP contribution in [0.15, 0.2) is 48.5 Å². The lowest BCUT2D eigenvalue weighted by Gasteiger charge is -2.35. The number of hydrogen-bond acceptors (Lipinski definition) is 3. The van der Waals surface area contributed by atoms with Crippen molar-refractivity contribution in [3.8, 4) is 0 Å². The Bertz CT molecular complexity index is 855. The minimum absolute atomic E-state index is 0.0765. The van der Waals surface area contributed by atoms with Crippen molar-refractivity contribution in [2.75, 3.05) is 23.7 Å². The highest BCUT2D eigenvalue weighted by Crippen LogP contribution is 2.29. The van der Waals surface area contributed by atoms with Crippen LogP contribution in [0, 0.1) is 0 Å². The van der Waals surface area contributed by atoms with Crippen LogP contribution >= 0.6 is 23.2 Å². The number of hydrogen-bond donors (Lipinski definition) is 3. The summed E-state index contributed by atoms with van der Waals surface area (Å²) in [5.74, 6) is -0.137. The minimum atomic E-state index is -0.316. The largest absolute Gasteiger partial charge is 0.335 e. The molecule has 0 aliphatic carbocycles. The molecular weight excluding hydrogens is 411 g/mol. The van der Waals surface area contributed by atoms with Crippen LogP contribution < -0.4 is 16.0 Å². The van der Waals surface area contributed by atoms with Crippen LogP contribution in [0.3, 0.4) is 0 Å². The van der Waals surface area contributed by atoms with Gasteiger partial charge in [0.1, 0.15) is 0 Å². The third-order valence-corrected chi connectivity index (χ3v) is 5.85.